The molecule has 0 aliphatic carbocycles. The minimum atomic E-state index is -3.37. The molecule has 2 aliphatic rings. The molecule has 2 fully saturated rings. The molecule has 106 valence electrons. The highest BCUT2D eigenvalue weighted by Crippen LogP contribution is 2.25. The third-order valence-corrected chi connectivity index (χ3v) is 5.72. The van der Waals surface area contributed by atoms with Gasteiger partial charge in [0.1, 0.15) is 0 Å². The molecular formula is C11H23N3O3S. The second-order valence-corrected chi connectivity index (χ2v) is 7.30. The molecule has 0 atom stereocenters. The van der Waals surface area contributed by atoms with Crippen molar-refractivity contribution in [2.24, 2.45) is 0 Å². The van der Waals surface area contributed by atoms with Gasteiger partial charge in [-0.25, -0.2) is 0 Å². The van der Waals surface area contributed by atoms with E-state index in [1.807, 2.05) is 13.8 Å². The summed E-state index contributed by atoms with van der Waals surface area (Å²) in [5.41, 5.74) is -0.461. The van der Waals surface area contributed by atoms with E-state index in [1.54, 1.807) is 8.61 Å². The van der Waals surface area contributed by atoms with Crippen LogP contribution in [0.4, 0.5) is 0 Å². The van der Waals surface area contributed by atoms with Crippen molar-refractivity contribution in [2.45, 2.75) is 25.8 Å². The summed E-state index contributed by atoms with van der Waals surface area (Å²) in [5, 5.41) is 3.22. The highest BCUT2D eigenvalue weighted by Gasteiger charge is 2.41. The van der Waals surface area contributed by atoms with Crippen LogP contribution < -0.4 is 5.32 Å². The van der Waals surface area contributed by atoms with Crippen LogP contribution in [0.1, 0.15) is 20.3 Å². The molecule has 0 aromatic heterocycles. The van der Waals surface area contributed by atoms with Crippen molar-refractivity contribution in [1.29, 1.82) is 0 Å². The first-order chi connectivity index (χ1) is 8.44. The Hall–Kier alpha value is -0.210. The number of rotatable bonds is 2. The van der Waals surface area contributed by atoms with Crippen LogP contribution in [0.15, 0.2) is 0 Å². The standard InChI is InChI=1S/C11H23N3O3S/c1-11(2)10-17-9-8-14(11)18(15,16)13-6-3-4-12-5-7-13/h12H,3-10H2,1-2H3. The van der Waals surface area contributed by atoms with Gasteiger partial charge in [-0.15, -0.1) is 0 Å². The zero-order valence-electron chi connectivity index (χ0n) is 11.2. The summed E-state index contributed by atoms with van der Waals surface area (Å²) in [6.45, 7) is 7.98. The highest BCUT2D eigenvalue weighted by molar-refractivity contribution is 7.86. The van der Waals surface area contributed by atoms with E-state index in [0.717, 1.165) is 19.5 Å². The van der Waals surface area contributed by atoms with Gasteiger partial charge in [-0.1, -0.05) is 0 Å². The lowest BCUT2D eigenvalue weighted by Crippen LogP contribution is -2.59. The molecule has 0 bridgehead atoms. The van der Waals surface area contributed by atoms with Gasteiger partial charge in [0.05, 0.1) is 18.8 Å². The van der Waals surface area contributed by atoms with Crippen LogP contribution in [0.25, 0.3) is 0 Å². The molecule has 2 rings (SSSR count). The van der Waals surface area contributed by atoms with Gasteiger partial charge < -0.3 is 10.1 Å². The summed E-state index contributed by atoms with van der Waals surface area (Å²) in [7, 11) is -3.37. The molecule has 1 N–H and O–H groups in total. The summed E-state index contributed by atoms with van der Waals surface area (Å²) >= 11 is 0. The van der Waals surface area contributed by atoms with E-state index in [4.69, 9.17) is 4.74 Å². The maximum absolute atomic E-state index is 12.7. The van der Waals surface area contributed by atoms with Crippen molar-refractivity contribution < 1.29 is 13.2 Å². The molecule has 0 spiro atoms. The predicted molar refractivity (Wildman–Crippen MR) is 69.6 cm³/mol. The molecule has 2 heterocycles. The fourth-order valence-electron chi connectivity index (χ4n) is 2.46. The summed E-state index contributed by atoms with van der Waals surface area (Å²) in [5.74, 6) is 0. The minimum Gasteiger partial charge on any atom is -0.378 e. The van der Waals surface area contributed by atoms with Crippen LogP contribution in [-0.4, -0.2) is 68.5 Å². The molecule has 18 heavy (non-hydrogen) atoms. The van der Waals surface area contributed by atoms with Crippen LogP contribution in [0.3, 0.4) is 0 Å². The van der Waals surface area contributed by atoms with E-state index in [1.165, 1.54) is 0 Å². The second kappa shape index (κ2) is 5.42. The summed E-state index contributed by atoms with van der Waals surface area (Å²) in [6, 6.07) is 0. The number of ether oxygens (including phenoxy) is 1. The molecule has 0 aromatic carbocycles. The van der Waals surface area contributed by atoms with Crippen molar-refractivity contribution >= 4 is 10.2 Å². The Kier molecular flexibility index (Phi) is 4.28. The van der Waals surface area contributed by atoms with Crippen LogP contribution >= 0.6 is 0 Å². The average Bonchev–Trinajstić information content (AvgIpc) is 2.56. The SMILES string of the molecule is CC1(C)COCCN1S(=O)(=O)N1CCCNCC1. The van der Waals surface area contributed by atoms with E-state index in [-0.39, 0.29) is 0 Å². The first-order valence-electron chi connectivity index (χ1n) is 6.51. The molecule has 0 unspecified atom stereocenters. The summed E-state index contributed by atoms with van der Waals surface area (Å²) < 4.78 is 33.9. The highest BCUT2D eigenvalue weighted by atomic mass is 32.2. The summed E-state index contributed by atoms with van der Waals surface area (Å²) in [4.78, 5) is 0. The molecule has 0 amide bonds. The fourth-order valence-corrected chi connectivity index (χ4v) is 4.41. The first-order valence-corrected chi connectivity index (χ1v) is 7.91. The third-order valence-electron chi connectivity index (χ3n) is 3.47. The van der Waals surface area contributed by atoms with Gasteiger partial charge in [0.15, 0.2) is 0 Å². The van der Waals surface area contributed by atoms with Crippen LogP contribution in [0.2, 0.25) is 0 Å². The lowest BCUT2D eigenvalue weighted by atomic mass is 10.1. The average molecular weight is 277 g/mol. The van der Waals surface area contributed by atoms with Crippen LogP contribution in [0.5, 0.6) is 0 Å². The smallest absolute Gasteiger partial charge is 0.282 e. The summed E-state index contributed by atoms with van der Waals surface area (Å²) in [6.07, 6.45) is 0.865. The Bertz CT molecular complexity index is 375. The zero-order chi connectivity index (χ0) is 13.2. The van der Waals surface area contributed by atoms with Gasteiger partial charge in [-0.05, 0) is 26.8 Å². The zero-order valence-corrected chi connectivity index (χ0v) is 12.0. The van der Waals surface area contributed by atoms with Crippen molar-refractivity contribution in [3.05, 3.63) is 0 Å². The molecule has 0 radical (unpaired) electrons. The maximum Gasteiger partial charge on any atom is 0.282 e. The Labute approximate surface area is 109 Å². The Balaban J connectivity index is 2.18. The van der Waals surface area contributed by atoms with Gasteiger partial charge in [0.25, 0.3) is 10.2 Å². The first kappa shape index (κ1) is 14.2. The monoisotopic (exact) mass is 277 g/mol. The van der Waals surface area contributed by atoms with Gasteiger partial charge in [-0.2, -0.15) is 17.0 Å². The normalized spacial score (nSPS) is 27.9. The lowest BCUT2D eigenvalue weighted by Gasteiger charge is -2.42. The lowest BCUT2D eigenvalue weighted by molar-refractivity contribution is -0.0104. The van der Waals surface area contributed by atoms with Gasteiger partial charge in [0.2, 0.25) is 0 Å². The largest absolute Gasteiger partial charge is 0.378 e. The van der Waals surface area contributed by atoms with Crippen molar-refractivity contribution in [2.75, 3.05) is 45.9 Å². The number of nitrogens with zero attached hydrogens (tertiary/aromatic N) is 2. The molecular weight excluding hydrogens is 254 g/mol. The number of hydrogen-bond acceptors (Lipinski definition) is 4. The maximum atomic E-state index is 12.7. The molecule has 2 aliphatic heterocycles. The van der Waals surface area contributed by atoms with E-state index in [0.29, 0.717) is 32.8 Å². The van der Waals surface area contributed by atoms with E-state index >= 15 is 0 Å². The van der Waals surface area contributed by atoms with Crippen molar-refractivity contribution in [3.63, 3.8) is 0 Å². The number of morpholine rings is 1. The Morgan fingerprint density at radius 1 is 1.17 bits per heavy atom. The minimum absolute atomic E-state index is 0.444. The van der Waals surface area contributed by atoms with Gasteiger partial charge in [-0.3, -0.25) is 0 Å². The van der Waals surface area contributed by atoms with Gasteiger partial charge in [0, 0.05) is 26.2 Å². The topological polar surface area (TPSA) is 61.9 Å². The van der Waals surface area contributed by atoms with Crippen molar-refractivity contribution in [3.8, 4) is 0 Å². The molecule has 7 heteroatoms. The van der Waals surface area contributed by atoms with Gasteiger partial charge >= 0.3 is 0 Å². The van der Waals surface area contributed by atoms with Crippen molar-refractivity contribution in [1.82, 2.24) is 13.9 Å². The number of hydrogen-bond donors (Lipinski definition) is 1. The quantitative estimate of drug-likeness (QED) is 0.748. The fraction of sp³-hybridized carbons (Fsp3) is 1.00. The predicted octanol–water partition coefficient (Wildman–Crippen LogP) is -0.363. The molecule has 0 aromatic rings. The van der Waals surface area contributed by atoms with Crippen LogP contribution in [0, 0.1) is 0 Å². The van der Waals surface area contributed by atoms with E-state index in [9.17, 15) is 8.42 Å². The van der Waals surface area contributed by atoms with E-state index in [2.05, 4.69) is 5.32 Å². The number of nitrogens with one attached hydrogen (secondary N) is 1. The molecule has 2 saturated heterocycles. The Morgan fingerprint density at radius 3 is 2.67 bits per heavy atom. The second-order valence-electron chi connectivity index (χ2n) is 5.45. The van der Waals surface area contributed by atoms with E-state index < -0.39 is 15.7 Å². The Morgan fingerprint density at radius 2 is 1.94 bits per heavy atom. The van der Waals surface area contributed by atoms with Crippen LogP contribution in [-0.2, 0) is 14.9 Å². The molecule has 6 nitrogen and oxygen atoms in total. The molecule has 0 saturated carbocycles. The third kappa shape index (κ3) is 2.85.